The summed E-state index contributed by atoms with van der Waals surface area (Å²) < 4.78 is 1.51. The molecular formula is C13H16ClN7. The third-order valence-electron chi connectivity index (χ3n) is 4.46. The van der Waals surface area contributed by atoms with Crippen molar-refractivity contribution in [2.45, 2.75) is 38.1 Å². The van der Waals surface area contributed by atoms with Gasteiger partial charge in [0.05, 0.1) is 0 Å². The first-order chi connectivity index (χ1) is 10.3. The maximum absolute atomic E-state index is 6.08. The molecule has 2 atom stereocenters. The van der Waals surface area contributed by atoms with E-state index in [2.05, 4.69) is 29.9 Å². The summed E-state index contributed by atoms with van der Waals surface area (Å²) in [6, 6.07) is 0.542. The highest BCUT2D eigenvalue weighted by molar-refractivity contribution is 6.28. The molecule has 0 radical (unpaired) electrons. The fourth-order valence-electron chi connectivity index (χ4n) is 3.57. The molecule has 0 aromatic carbocycles. The van der Waals surface area contributed by atoms with Gasteiger partial charge >= 0.3 is 0 Å². The van der Waals surface area contributed by atoms with Crippen LogP contribution in [0, 0.1) is 5.92 Å². The van der Waals surface area contributed by atoms with Gasteiger partial charge in [0.25, 0.3) is 5.95 Å². The van der Waals surface area contributed by atoms with Crippen LogP contribution in [0.3, 0.4) is 0 Å². The monoisotopic (exact) mass is 305 g/mol. The van der Waals surface area contributed by atoms with Crippen molar-refractivity contribution >= 4 is 17.5 Å². The maximum Gasteiger partial charge on any atom is 0.258 e. The molecule has 0 spiro atoms. The van der Waals surface area contributed by atoms with Crippen molar-refractivity contribution in [3.63, 3.8) is 0 Å². The lowest BCUT2D eigenvalue weighted by molar-refractivity contribution is 0.358. The fraction of sp³-hybridized carbons (Fsp3) is 0.615. The third-order valence-corrected chi connectivity index (χ3v) is 4.63. The van der Waals surface area contributed by atoms with Crippen molar-refractivity contribution in [3.05, 3.63) is 17.9 Å². The first kappa shape index (κ1) is 12.9. The van der Waals surface area contributed by atoms with Gasteiger partial charge in [-0.05, 0) is 43.2 Å². The van der Waals surface area contributed by atoms with Crippen LogP contribution >= 0.6 is 11.6 Å². The van der Waals surface area contributed by atoms with Crippen molar-refractivity contribution in [2.75, 3.05) is 11.4 Å². The molecule has 2 unspecified atom stereocenters. The van der Waals surface area contributed by atoms with Crippen LogP contribution in [0.5, 0.6) is 0 Å². The number of anilines is 1. The van der Waals surface area contributed by atoms with Crippen molar-refractivity contribution in [1.82, 2.24) is 29.7 Å². The molecule has 8 heteroatoms. The minimum Gasteiger partial charge on any atom is -0.337 e. The van der Waals surface area contributed by atoms with E-state index in [0.717, 1.165) is 12.5 Å². The number of halogens is 1. The molecule has 1 saturated heterocycles. The molecule has 21 heavy (non-hydrogen) atoms. The lowest BCUT2D eigenvalue weighted by Crippen LogP contribution is -2.43. The van der Waals surface area contributed by atoms with Gasteiger partial charge in [0, 0.05) is 12.6 Å². The smallest absolute Gasteiger partial charge is 0.258 e. The van der Waals surface area contributed by atoms with Crippen LogP contribution in [-0.4, -0.2) is 42.3 Å². The van der Waals surface area contributed by atoms with E-state index >= 15 is 0 Å². The summed E-state index contributed by atoms with van der Waals surface area (Å²) in [4.78, 5) is 19.2. The number of hydrogen-bond donors (Lipinski definition) is 0. The average molecular weight is 306 g/mol. The molecule has 1 saturated carbocycles. The Bertz CT molecular complexity index is 629. The predicted molar refractivity (Wildman–Crippen MR) is 77.5 cm³/mol. The SMILES string of the molecule is Clc1nc(N2CCCC3CCCC32)nc(-n2cncn2)n1. The van der Waals surface area contributed by atoms with Crippen molar-refractivity contribution in [2.24, 2.45) is 5.92 Å². The van der Waals surface area contributed by atoms with Crippen LogP contribution in [0.25, 0.3) is 5.95 Å². The Balaban J connectivity index is 1.71. The Kier molecular flexibility index (Phi) is 3.21. The Labute approximate surface area is 127 Å². The Morgan fingerprint density at radius 1 is 1.05 bits per heavy atom. The predicted octanol–water partition coefficient (Wildman–Crippen LogP) is 1.87. The average Bonchev–Trinajstić information content (AvgIpc) is 3.17. The number of rotatable bonds is 2. The Morgan fingerprint density at radius 2 is 1.90 bits per heavy atom. The number of hydrogen-bond acceptors (Lipinski definition) is 6. The quantitative estimate of drug-likeness (QED) is 0.843. The lowest BCUT2D eigenvalue weighted by atomic mass is 9.92. The van der Waals surface area contributed by atoms with E-state index in [4.69, 9.17) is 11.6 Å². The van der Waals surface area contributed by atoms with Crippen LogP contribution in [-0.2, 0) is 0 Å². The lowest BCUT2D eigenvalue weighted by Gasteiger charge is -2.37. The summed E-state index contributed by atoms with van der Waals surface area (Å²) in [6.07, 6.45) is 9.33. The highest BCUT2D eigenvalue weighted by Gasteiger charge is 2.36. The molecular weight excluding hydrogens is 290 g/mol. The molecule has 7 nitrogen and oxygen atoms in total. The first-order valence-electron chi connectivity index (χ1n) is 7.34. The minimum absolute atomic E-state index is 0.200. The standard InChI is InChI=1S/C13H16ClN7/c14-11-17-12(19-13(18-11)21-8-15-7-16-21)20-6-2-4-9-3-1-5-10(9)20/h7-10H,1-6H2. The molecule has 0 bridgehead atoms. The van der Waals surface area contributed by atoms with Gasteiger partial charge in [-0.3, -0.25) is 0 Å². The van der Waals surface area contributed by atoms with Crippen LogP contribution in [0.15, 0.2) is 12.7 Å². The molecule has 2 aliphatic rings. The first-order valence-corrected chi connectivity index (χ1v) is 7.72. The van der Waals surface area contributed by atoms with E-state index in [1.165, 1.54) is 43.1 Å². The largest absolute Gasteiger partial charge is 0.337 e. The molecule has 0 amide bonds. The zero-order valence-electron chi connectivity index (χ0n) is 11.6. The molecule has 2 aromatic heterocycles. The second-order valence-electron chi connectivity index (χ2n) is 5.64. The number of piperidine rings is 1. The highest BCUT2D eigenvalue weighted by Crippen LogP contribution is 2.38. The summed E-state index contributed by atoms with van der Waals surface area (Å²) in [5.74, 6) is 1.85. The molecule has 2 fully saturated rings. The highest BCUT2D eigenvalue weighted by atomic mass is 35.5. The Hall–Kier alpha value is -1.76. The van der Waals surface area contributed by atoms with E-state index in [1.54, 1.807) is 6.33 Å². The molecule has 3 heterocycles. The van der Waals surface area contributed by atoms with E-state index in [-0.39, 0.29) is 5.28 Å². The van der Waals surface area contributed by atoms with Crippen LogP contribution < -0.4 is 4.90 Å². The summed E-state index contributed by atoms with van der Waals surface area (Å²) in [5.41, 5.74) is 0. The van der Waals surface area contributed by atoms with Gasteiger partial charge in [-0.25, -0.2) is 4.98 Å². The third kappa shape index (κ3) is 2.35. The van der Waals surface area contributed by atoms with Gasteiger partial charge in [0.2, 0.25) is 11.2 Å². The maximum atomic E-state index is 6.08. The van der Waals surface area contributed by atoms with Gasteiger partial charge < -0.3 is 4.90 Å². The summed E-state index contributed by atoms with van der Waals surface area (Å²) in [7, 11) is 0. The van der Waals surface area contributed by atoms with Crippen LogP contribution in [0.2, 0.25) is 5.28 Å². The molecule has 110 valence electrons. The molecule has 0 N–H and O–H groups in total. The van der Waals surface area contributed by atoms with Crippen molar-refractivity contribution in [1.29, 1.82) is 0 Å². The zero-order valence-corrected chi connectivity index (χ0v) is 12.3. The van der Waals surface area contributed by atoms with Crippen LogP contribution in [0.4, 0.5) is 5.95 Å². The minimum atomic E-state index is 0.200. The molecule has 1 aliphatic heterocycles. The molecule has 4 rings (SSSR count). The van der Waals surface area contributed by atoms with Crippen LogP contribution in [0.1, 0.15) is 32.1 Å². The van der Waals surface area contributed by atoms with Crippen molar-refractivity contribution < 1.29 is 0 Å². The van der Waals surface area contributed by atoms with E-state index in [9.17, 15) is 0 Å². The zero-order chi connectivity index (χ0) is 14.2. The molecule has 1 aliphatic carbocycles. The van der Waals surface area contributed by atoms with E-state index in [1.807, 2.05) is 0 Å². The summed E-state index contributed by atoms with van der Waals surface area (Å²) in [5, 5.41) is 4.26. The number of nitrogens with zero attached hydrogens (tertiary/aromatic N) is 7. The normalized spacial score (nSPS) is 25.1. The topological polar surface area (TPSA) is 72.6 Å². The summed E-state index contributed by atoms with van der Waals surface area (Å²) in [6.45, 7) is 0.984. The second-order valence-corrected chi connectivity index (χ2v) is 5.98. The Morgan fingerprint density at radius 3 is 2.76 bits per heavy atom. The van der Waals surface area contributed by atoms with Gasteiger partial charge in [-0.2, -0.15) is 24.7 Å². The fourth-order valence-corrected chi connectivity index (χ4v) is 3.73. The number of aromatic nitrogens is 6. The van der Waals surface area contributed by atoms with Gasteiger partial charge in [0.1, 0.15) is 12.7 Å². The van der Waals surface area contributed by atoms with Gasteiger partial charge in [-0.1, -0.05) is 6.42 Å². The van der Waals surface area contributed by atoms with Crippen molar-refractivity contribution in [3.8, 4) is 5.95 Å². The van der Waals surface area contributed by atoms with E-state index in [0.29, 0.717) is 17.9 Å². The van der Waals surface area contributed by atoms with Gasteiger partial charge in [-0.15, -0.1) is 0 Å². The van der Waals surface area contributed by atoms with E-state index < -0.39 is 0 Å². The van der Waals surface area contributed by atoms with Gasteiger partial charge in [0.15, 0.2) is 0 Å². The summed E-state index contributed by atoms with van der Waals surface area (Å²) >= 11 is 6.08. The molecule has 2 aromatic rings. The second kappa shape index (κ2) is 5.22. The number of fused-ring (bicyclic) bond motifs is 1.